The number of fused-ring (bicyclic) bond motifs is 1. The smallest absolute Gasteiger partial charge is 0.388 e. The van der Waals surface area contributed by atoms with Crippen LogP contribution in [0.3, 0.4) is 0 Å². The van der Waals surface area contributed by atoms with Crippen LogP contribution in [0.2, 0.25) is 0 Å². The monoisotopic (exact) mass is 403 g/mol. The number of H-pyrrole nitrogens is 1. The first kappa shape index (κ1) is 18.7. The fourth-order valence-corrected chi connectivity index (χ4v) is 3.39. The van der Waals surface area contributed by atoms with E-state index in [0.717, 1.165) is 22.0 Å². The van der Waals surface area contributed by atoms with E-state index in [1.54, 1.807) is 0 Å². The van der Waals surface area contributed by atoms with Crippen molar-refractivity contribution in [3.05, 3.63) is 20.8 Å². The van der Waals surface area contributed by atoms with Gasteiger partial charge in [0.1, 0.15) is 12.2 Å². The van der Waals surface area contributed by atoms with Gasteiger partial charge in [0.25, 0.3) is 11.3 Å². The number of rotatable bonds is 4. The van der Waals surface area contributed by atoms with Crippen molar-refractivity contribution >= 4 is 22.9 Å². The Balaban J connectivity index is 1.82. The maximum atomic E-state index is 12.9. The van der Waals surface area contributed by atoms with E-state index >= 15 is 0 Å². The number of carbonyl (C=O) groups excluding carboxylic acids is 1. The van der Waals surface area contributed by atoms with Crippen molar-refractivity contribution in [1.82, 2.24) is 19.1 Å². The summed E-state index contributed by atoms with van der Waals surface area (Å²) >= 11 is 0. The highest BCUT2D eigenvalue weighted by Gasteiger charge is 2.50. The third-order valence-corrected chi connectivity index (χ3v) is 4.88. The van der Waals surface area contributed by atoms with Gasteiger partial charge >= 0.3 is 11.9 Å². The second-order valence-electron chi connectivity index (χ2n) is 7.01. The first-order valence-corrected chi connectivity index (χ1v) is 8.53. The SMILES string of the molecule is Nc1nc2c(c(=O)[nH]1)n(CC1CC1)c(=O)n2[C@@H]1O[C@H](C(=O)C(F)(F)F)C[C@H]1O. The Labute approximate surface area is 153 Å². The molecule has 0 radical (unpaired) electrons. The highest BCUT2D eigenvalue weighted by atomic mass is 19.4. The molecule has 2 aromatic rings. The molecule has 152 valence electrons. The van der Waals surface area contributed by atoms with Gasteiger partial charge in [0.05, 0.1) is 0 Å². The molecule has 0 amide bonds. The topological polar surface area (TPSA) is 145 Å². The minimum atomic E-state index is -5.15. The van der Waals surface area contributed by atoms with Crippen LogP contribution >= 0.6 is 0 Å². The number of carbonyl (C=O) groups is 1. The number of anilines is 1. The average molecular weight is 403 g/mol. The van der Waals surface area contributed by atoms with Crippen molar-refractivity contribution in [2.45, 2.75) is 50.4 Å². The van der Waals surface area contributed by atoms with Gasteiger partial charge in [-0.05, 0) is 18.8 Å². The van der Waals surface area contributed by atoms with E-state index in [-0.39, 0.29) is 29.6 Å². The summed E-state index contributed by atoms with van der Waals surface area (Å²) in [6.07, 6.45) is -9.23. The number of aromatic amines is 1. The Kier molecular flexibility index (Phi) is 4.12. The number of aliphatic hydroxyl groups is 1. The quantitative estimate of drug-likeness (QED) is 0.633. The summed E-state index contributed by atoms with van der Waals surface area (Å²) in [5.41, 5.74) is 3.71. The number of aromatic nitrogens is 4. The van der Waals surface area contributed by atoms with E-state index < -0.39 is 48.1 Å². The van der Waals surface area contributed by atoms with Gasteiger partial charge in [-0.25, -0.2) is 9.36 Å². The summed E-state index contributed by atoms with van der Waals surface area (Å²) in [7, 11) is 0. The van der Waals surface area contributed by atoms with Crippen LogP contribution in [-0.2, 0) is 16.1 Å². The molecule has 3 heterocycles. The van der Waals surface area contributed by atoms with Crippen LogP contribution in [-0.4, -0.2) is 48.4 Å². The van der Waals surface area contributed by atoms with Gasteiger partial charge < -0.3 is 15.6 Å². The number of nitrogens with one attached hydrogen (secondary N) is 1. The van der Waals surface area contributed by atoms with Crippen molar-refractivity contribution < 1.29 is 27.8 Å². The third-order valence-electron chi connectivity index (χ3n) is 4.88. The number of imidazole rings is 1. The molecule has 2 aliphatic rings. The number of nitrogens with two attached hydrogens (primary N) is 1. The first-order valence-electron chi connectivity index (χ1n) is 8.53. The molecular formula is C15H16F3N5O5. The zero-order valence-corrected chi connectivity index (χ0v) is 14.3. The second kappa shape index (κ2) is 6.17. The molecule has 2 fully saturated rings. The van der Waals surface area contributed by atoms with Crippen molar-refractivity contribution in [3.63, 3.8) is 0 Å². The fourth-order valence-electron chi connectivity index (χ4n) is 3.39. The van der Waals surface area contributed by atoms with E-state index in [0.29, 0.717) is 0 Å². The third kappa shape index (κ3) is 2.99. The molecule has 0 aromatic carbocycles. The summed E-state index contributed by atoms with van der Waals surface area (Å²) in [5, 5.41) is 10.2. The predicted octanol–water partition coefficient (Wildman–Crippen LogP) is -0.342. The lowest BCUT2D eigenvalue weighted by Crippen LogP contribution is -2.35. The minimum Gasteiger partial charge on any atom is -0.388 e. The largest absolute Gasteiger partial charge is 0.452 e. The molecule has 13 heteroatoms. The van der Waals surface area contributed by atoms with Crippen LogP contribution in [0, 0.1) is 5.92 Å². The molecular weight excluding hydrogens is 387 g/mol. The Morgan fingerprint density at radius 2 is 2.04 bits per heavy atom. The standard InChI is InChI=1S/C15H16F3N5O5/c16-15(17,18)9(25)7-3-6(24)12(28-7)23-10-8(11(26)21-13(19)20-10)22(14(23)27)4-5-1-2-5/h5-7,12,24H,1-4H2,(H3,19,20,21,26)/t6-,7+,12-/m1/s1. The highest BCUT2D eigenvalue weighted by Crippen LogP contribution is 2.35. The Morgan fingerprint density at radius 3 is 2.64 bits per heavy atom. The van der Waals surface area contributed by atoms with Crippen molar-refractivity contribution in [1.29, 1.82) is 0 Å². The molecule has 0 spiro atoms. The number of hydrogen-bond acceptors (Lipinski definition) is 7. The van der Waals surface area contributed by atoms with E-state index in [9.17, 15) is 32.7 Å². The molecule has 1 saturated carbocycles. The molecule has 4 N–H and O–H groups in total. The second-order valence-corrected chi connectivity index (χ2v) is 7.01. The van der Waals surface area contributed by atoms with E-state index in [1.165, 1.54) is 0 Å². The molecule has 10 nitrogen and oxygen atoms in total. The number of nitrogens with zero attached hydrogens (tertiary/aromatic N) is 3. The summed E-state index contributed by atoms with van der Waals surface area (Å²) in [6.45, 7) is 0.213. The molecule has 1 saturated heterocycles. The number of hydrogen-bond donors (Lipinski definition) is 3. The van der Waals surface area contributed by atoms with Gasteiger partial charge in [-0.2, -0.15) is 18.2 Å². The molecule has 2 aromatic heterocycles. The van der Waals surface area contributed by atoms with Crippen LogP contribution in [0.15, 0.2) is 9.59 Å². The first-order chi connectivity index (χ1) is 13.1. The van der Waals surface area contributed by atoms with Gasteiger partial charge in [-0.3, -0.25) is 19.1 Å². The van der Waals surface area contributed by atoms with Gasteiger partial charge in [-0.15, -0.1) is 0 Å². The summed E-state index contributed by atoms with van der Waals surface area (Å²) in [6, 6.07) is 0. The normalized spacial score (nSPS) is 25.5. The van der Waals surface area contributed by atoms with Crippen LogP contribution in [0.4, 0.5) is 19.1 Å². The number of ether oxygens (including phenoxy) is 1. The highest BCUT2D eigenvalue weighted by molar-refractivity contribution is 5.88. The predicted molar refractivity (Wildman–Crippen MR) is 87.3 cm³/mol. The van der Waals surface area contributed by atoms with Crippen molar-refractivity contribution in [2.75, 3.05) is 5.73 Å². The maximum Gasteiger partial charge on any atom is 0.452 e. The van der Waals surface area contributed by atoms with Gasteiger partial charge in [-0.1, -0.05) is 0 Å². The van der Waals surface area contributed by atoms with Crippen molar-refractivity contribution in [2.24, 2.45) is 5.92 Å². The summed E-state index contributed by atoms with van der Waals surface area (Å²) in [4.78, 5) is 42.9. The summed E-state index contributed by atoms with van der Waals surface area (Å²) in [5.74, 6) is -2.29. The van der Waals surface area contributed by atoms with Gasteiger partial charge in [0.2, 0.25) is 5.95 Å². The Bertz CT molecular complexity index is 1070. The van der Waals surface area contributed by atoms with Crippen molar-refractivity contribution in [3.8, 4) is 0 Å². The minimum absolute atomic E-state index is 0.118. The van der Waals surface area contributed by atoms with Gasteiger partial charge in [0, 0.05) is 13.0 Å². The molecule has 0 bridgehead atoms. The van der Waals surface area contributed by atoms with Gasteiger partial charge in [0.15, 0.2) is 17.4 Å². The number of nitrogen functional groups attached to an aromatic ring is 1. The van der Waals surface area contributed by atoms with E-state index in [1.807, 2.05) is 0 Å². The molecule has 4 rings (SSSR count). The average Bonchev–Trinajstić information content (AvgIpc) is 3.27. The lowest BCUT2D eigenvalue weighted by Gasteiger charge is -2.16. The lowest BCUT2D eigenvalue weighted by molar-refractivity contribution is -0.183. The Hall–Kier alpha value is -2.67. The molecule has 28 heavy (non-hydrogen) atoms. The van der Waals surface area contributed by atoms with Crippen LogP contribution in [0.5, 0.6) is 0 Å². The molecule has 0 unspecified atom stereocenters. The maximum absolute atomic E-state index is 12.9. The number of aliphatic hydroxyl groups excluding tert-OH is 1. The van der Waals surface area contributed by atoms with Crippen LogP contribution in [0.1, 0.15) is 25.5 Å². The number of ketones is 1. The zero-order chi connectivity index (χ0) is 20.4. The molecule has 1 aliphatic heterocycles. The number of halogens is 3. The van der Waals surface area contributed by atoms with E-state index in [4.69, 9.17) is 10.5 Å². The molecule has 1 aliphatic carbocycles. The zero-order valence-electron chi connectivity index (χ0n) is 14.3. The summed E-state index contributed by atoms with van der Waals surface area (Å²) < 4.78 is 45.1. The fraction of sp³-hybridized carbons (Fsp3) is 0.600. The lowest BCUT2D eigenvalue weighted by atomic mass is 10.1. The number of Topliss-reactive ketones (excluding diaryl/α,β-unsaturated/α-hetero) is 1. The Morgan fingerprint density at radius 1 is 1.36 bits per heavy atom. The number of alkyl halides is 3. The van der Waals surface area contributed by atoms with E-state index in [2.05, 4.69) is 9.97 Å². The van der Waals surface area contributed by atoms with Crippen LogP contribution in [0.25, 0.3) is 11.2 Å². The molecule has 3 atom stereocenters. The van der Waals surface area contributed by atoms with Crippen LogP contribution < -0.4 is 17.0 Å².